The fourth-order valence-electron chi connectivity index (χ4n) is 7.16. The predicted octanol–water partition coefficient (Wildman–Crippen LogP) is 12.4. The van der Waals surface area contributed by atoms with Crippen LogP contribution in [-0.2, 0) is 0 Å². The van der Waals surface area contributed by atoms with Crippen LogP contribution in [0.1, 0.15) is 0 Å². The van der Waals surface area contributed by atoms with E-state index < -0.39 is 0 Å². The molecule has 2 heterocycles. The Morgan fingerprint density at radius 1 is 0.314 bits per heavy atom. The first kappa shape index (κ1) is 29.0. The second-order valence-corrected chi connectivity index (χ2v) is 12.8. The van der Waals surface area contributed by atoms with Gasteiger partial charge in [0.05, 0.1) is 0 Å². The maximum absolute atomic E-state index is 6.44. The number of benzene rings is 8. The van der Waals surface area contributed by atoms with Crippen molar-refractivity contribution < 1.29 is 4.42 Å². The highest BCUT2D eigenvalue weighted by molar-refractivity contribution is 6.12. The number of fused-ring (bicyclic) bond motifs is 6. The fourth-order valence-corrected chi connectivity index (χ4v) is 7.16. The number of hydrogen-bond acceptors (Lipinski definition) is 4. The number of furan rings is 1. The maximum Gasteiger partial charge on any atom is 0.164 e. The highest BCUT2D eigenvalue weighted by Gasteiger charge is 2.18. The van der Waals surface area contributed by atoms with Gasteiger partial charge in [0.1, 0.15) is 11.2 Å². The highest BCUT2D eigenvalue weighted by Crippen LogP contribution is 2.38. The molecule has 0 saturated carbocycles. The summed E-state index contributed by atoms with van der Waals surface area (Å²) in [5.41, 5.74) is 8.93. The Balaban J connectivity index is 1.09. The molecule has 0 N–H and O–H groups in total. The minimum atomic E-state index is 0.602. The third-order valence-corrected chi connectivity index (χ3v) is 9.74. The van der Waals surface area contributed by atoms with Crippen LogP contribution >= 0.6 is 0 Å². The van der Waals surface area contributed by atoms with Crippen molar-refractivity contribution in [2.75, 3.05) is 0 Å². The van der Waals surface area contributed by atoms with Crippen molar-refractivity contribution in [3.63, 3.8) is 0 Å². The molecule has 0 atom stereocenters. The van der Waals surface area contributed by atoms with Gasteiger partial charge in [-0.05, 0) is 68.1 Å². The van der Waals surface area contributed by atoms with Crippen molar-refractivity contribution in [1.82, 2.24) is 15.0 Å². The van der Waals surface area contributed by atoms with Crippen molar-refractivity contribution in [1.29, 1.82) is 0 Å². The zero-order chi connectivity index (χ0) is 33.7. The van der Waals surface area contributed by atoms with Crippen LogP contribution in [-0.4, -0.2) is 15.0 Å². The molecule has 0 aliphatic carbocycles. The summed E-state index contributed by atoms with van der Waals surface area (Å²) in [5, 5.41) is 7.00. The van der Waals surface area contributed by atoms with E-state index >= 15 is 0 Å². The molecule has 0 bridgehead atoms. The summed E-state index contributed by atoms with van der Waals surface area (Å²) in [5.74, 6) is 1.84. The van der Waals surface area contributed by atoms with E-state index in [4.69, 9.17) is 19.4 Å². The minimum Gasteiger partial charge on any atom is -0.456 e. The summed E-state index contributed by atoms with van der Waals surface area (Å²) in [6, 6.07) is 61.1. The Hall–Kier alpha value is -6.91. The van der Waals surface area contributed by atoms with Crippen LogP contribution in [0.4, 0.5) is 0 Å². The van der Waals surface area contributed by atoms with E-state index in [9.17, 15) is 0 Å². The van der Waals surface area contributed by atoms with E-state index in [2.05, 4.69) is 127 Å². The van der Waals surface area contributed by atoms with Crippen LogP contribution in [0.5, 0.6) is 0 Å². The molecule has 0 aliphatic rings. The number of aromatic nitrogens is 3. The molecule has 0 spiro atoms. The SMILES string of the molecule is c1ccc(-c2ccc3c(c2)oc2cccc(-c4nc(-c5ccccc5)nc(-c5ccc(-c6ccc7ccc8ccccc8c7c6)cc5)n4)c23)cc1. The molecular formula is C47H29N3O. The van der Waals surface area contributed by atoms with E-state index in [1.165, 1.54) is 27.1 Å². The van der Waals surface area contributed by atoms with Gasteiger partial charge in [0, 0.05) is 27.5 Å². The van der Waals surface area contributed by atoms with E-state index in [0.717, 1.165) is 55.3 Å². The van der Waals surface area contributed by atoms with Gasteiger partial charge in [-0.25, -0.2) is 15.0 Å². The van der Waals surface area contributed by atoms with Gasteiger partial charge in [0.2, 0.25) is 0 Å². The average molecular weight is 652 g/mol. The third kappa shape index (κ3) is 5.13. The van der Waals surface area contributed by atoms with Crippen LogP contribution in [0.3, 0.4) is 0 Å². The van der Waals surface area contributed by atoms with Crippen LogP contribution in [0.15, 0.2) is 180 Å². The Morgan fingerprint density at radius 2 is 0.863 bits per heavy atom. The largest absolute Gasteiger partial charge is 0.456 e. The monoisotopic (exact) mass is 651 g/mol. The van der Waals surface area contributed by atoms with E-state index in [0.29, 0.717) is 17.5 Å². The molecule has 4 heteroatoms. The molecule has 0 unspecified atom stereocenters. The number of hydrogen-bond donors (Lipinski definition) is 0. The van der Waals surface area contributed by atoms with Crippen molar-refractivity contribution in [3.8, 4) is 56.4 Å². The normalized spacial score (nSPS) is 11.5. The van der Waals surface area contributed by atoms with Crippen molar-refractivity contribution in [2.24, 2.45) is 0 Å². The zero-order valence-electron chi connectivity index (χ0n) is 27.5. The van der Waals surface area contributed by atoms with Gasteiger partial charge in [-0.15, -0.1) is 0 Å². The lowest BCUT2D eigenvalue weighted by molar-refractivity contribution is 0.669. The lowest BCUT2D eigenvalue weighted by Gasteiger charge is -2.10. The van der Waals surface area contributed by atoms with Crippen molar-refractivity contribution >= 4 is 43.5 Å². The summed E-state index contributed by atoms with van der Waals surface area (Å²) in [4.78, 5) is 15.2. The lowest BCUT2D eigenvalue weighted by atomic mass is 9.97. The Morgan fingerprint density at radius 3 is 1.65 bits per heavy atom. The fraction of sp³-hybridized carbons (Fsp3) is 0. The molecule has 0 fully saturated rings. The standard InChI is InChI=1S/C47H29N3O/c1-3-10-30(11-4-1)37-26-27-39-43(29-37)51-42-17-9-16-40(44(39)42)47-49-45(34-13-5-2-6-14-34)48-46(50-47)35-23-18-31(19-24-35)36-25-22-33-21-20-32-12-7-8-15-38(32)41(33)28-36/h1-29H. The highest BCUT2D eigenvalue weighted by atomic mass is 16.3. The predicted molar refractivity (Wildman–Crippen MR) is 209 cm³/mol. The second kappa shape index (κ2) is 11.9. The summed E-state index contributed by atoms with van der Waals surface area (Å²) < 4.78 is 6.44. The molecule has 0 amide bonds. The molecule has 0 saturated heterocycles. The van der Waals surface area contributed by atoms with E-state index in [-0.39, 0.29) is 0 Å². The first-order chi connectivity index (χ1) is 25.2. The van der Waals surface area contributed by atoms with Gasteiger partial charge in [0.15, 0.2) is 17.5 Å². The second-order valence-electron chi connectivity index (χ2n) is 12.8. The van der Waals surface area contributed by atoms with Crippen LogP contribution in [0, 0.1) is 0 Å². The van der Waals surface area contributed by atoms with Crippen molar-refractivity contribution in [3.05, 3.63) is 176 Å². The molecule has 8 aromatic carbocycles. The summed E-state index contributed by atoms with van der Waals surface area (Å²) >= 11 is 0. The third-order valence-electron chi connectivity index (χ3n) is 9.74. The first-order valence-electron chi connectivity index (χ1n) is 17.1. The molecule has 10 aromatic rings. The molecule has 10 rings (SSSR count). The summed E-state index contributed by atoms with van der Waals surface area (Å²) in [6.45, 7) is 0. The van der Waals surface area contributed by atoms with Gasteiger partial charge in [-0.1, -0.05) is 152 Å². The molecular weight excluding hydrogens is 623 g/mol. The van der Waals surface area contributed by atoms with E-state index in [1.807, 2.05) is 48.5 Å². The number of nitrogens with zero attached hydrogens (tertiary/aromatic N) is 3. The van der Waals surface area contributed by atoms with Crippen molar-refractivity contribution in [2.45, 2.75) is 0 Å². The molecule has 2 aromatic heterocycles. The van der Waals surface area contributed by atoms with E-state index in [1.54, 1.807) is 0 Å². The Bertz CT molecular complexity index is 2900. The molecule has 238 valence electrons. The molecule has 0 aliphatic heterocycles. The first-order valence-corrected chi connectivity index (χ1v) is 17.1. The molecule has 0 radical (unpaired) electrons. The van der Waals surface area contributed by atoms with Gasteiger partial charge in [-0.3, -0.25) is 0 Å². The van der Waals surface area contributed by atoms with Crippen LogP contribution in [0.2, 0.25) is 0 Å². The zero-order valence-corrected chi connectivity index (χ0v) is 27.5. The Kier molecular flexibility index (Phi) is 6.78. The quantitative estimate of drug-likeness (QED) is 0.174. The minimum absolute atomic E-state index is 0.602. The number of rotatable bonds is 5. The smallest absolute Gasteiger partial charge is 0.164 e. The van der Waals surface area contributed by atoms with Crippen LogP contribution < -0.4 is 0 Å². The Labute approximate surface area is 294 Å². The van der Waals surface area contributed by atoms with Crippen LogP contribution in [0.25, 0.3) is 99.9 Å². The summed E-state index contributed by atoms with van der Waals surface area (Å²) in [7, 11) is 0. The summed E-state index contributed by atoms with van der Waals surface area (Å²) in [6.07, 6.45) is 0. The average Bonchev–Trinajstić information content (AvgIpc) is 3.59. The topological polar surface area (TPSA) is 51.8 Å². The maximum atomic E-state index is 6.44. The molecule has 4 nitrogen and oxygen atoms in total. The lowest BCUT2D eigenvalue weighted by Crippen LogP contribution is -2.00. The molecule has 51 heavy (non-hydrogen) atoms. The van der Waals surface area contributed by atoms with Gasteiger partial charge in [-0.2, -0.15) is 0 Å². The van der Waals surface area contributed by atoms with Gasteiger partial charge < -0.3 is 4.42 Å². The van der Waals surface area contributed by atoms with Gasteiger partial charge in [0.25, 0.3) is 0 Å². The van der Waals surface area contributed by atoms with Gasteiger partial charge >= 0.3 is 0 Å².